The van der Waals surface area contributed by atoms with Crippen molar-refractivity contribution in [2.24, 2.45) is 22.0 Å². The van der Waals surface area contributed by atoms with Gasteiger partial charge in [0.2, 0.25) is 0 Å². The standard InChI is InChI=1S/C20H22BrN5/c21-15-8-5-13(6-9-15)12-26-18-4-2-1-3-16(18)17-11-14(7-10-19(17)26)20(22)24-25-23/h1-4,7,10-11,13,15H,5-6,8-9,12H2,(H3,22,23,24). The lowest BCUT2D eigenvalue weighted by Crippen LogP contribution is -2.18. The van der Waals surface area contributed by atoms with Crippen molar-refractivity contribution < 1.29 is 0 Å². The molecule has 1 fully saturated rings. The molecular formula is C20H22BrN5. The van der Waals surface area contributed by atoms with E-state index in [1.165, 1.54) is 47.5 Å². The Morgan fingerprint density at radius 2 is 1.81 bits per heavy atom. The number of aromatic nitrogens is 1. The fraction of sp³-hybridized carbons (Fsp3) is 0.350. The number of alkyl halides is 1. The number of fused-ring (bicyclic) bond motifs is 3. The van der Waals surface area contributed by atoms with E-state index < -0.39 is 0 Å². The first kappa shape index (κ1) is 17.2. The number of nitrogens with zero attached hydrogens (tertiary/aromatic N) is 3. The van der Waals surface area contributed by atoms with Gasteiger partial charge in [0.05, 0.1) is 0 Å². The SMILES string of the molecule is N=NN=C(N)c1ccc2c(c1)c1ccccc1n2CC1CCC(Br)CC1. The van der Waals surface area contributed by atoms with Gasteiger partial charge in [0.15, 0.2) is 5.84 Å². The summed E-state index contributed by atoms with van der Waals surface area (Å²) in [4.78, 5) is 0.684. The van der Waals surface area contributed by atoms with Crippen LogP contribution in [0.4, 0.5) is 0 Å². The number of amidine groups is 1. The summed E-state index contributed by atoms with van der Waals surface area (Å²) >= 11 is 3.76. The predicted molar refractivity (Wildman–Crippen MR) is 110 cm³/mol. The molecule has 1 aliphatic carbocycles. The Hall–Kier alpha value is -2.21. The molecule has 0 unspecified atom stereocenters. The highest BCUT2D eigenvalue weighted by atomic mass is 79.9. The first-order valence-electron chi connectivity index (χ1n) is 9.02. The van der Waals surface area contributed by atoms with Gasteiger partial charge in [-0.15, -0.1) is 5.10 Å². The van der Waals surface area contributed by atoms with E-state index >= 15 is 0 Å². The molecule has 0 amide bonds. The Morgan fingerprint density at radius 1 is 1.08 bits per heavy atom. The number of benzene rings is 2. The van der Waals surface area contributed by atoms with Crippen LogP contribution in [-0.4, -0.2) is 15.2 Å². The highest BCUT2D eigenvalue weighted by molar-refractivity contribution is 9.09. The van der Waals surface area contributed by atoms with Gasteiger partial charge in [-0.05, 0) is 55.9 Å². The minimum atomic E-state index is 0.273. The predicted octanol–water partition coefficient (Wildman–Crippen LogP) is 5.40. The lowest BCUT2D eigenvalue weighted by molar-refractivity contribution is 0.333. The molecule has 3 aromatic rings. The zero-order valence-corrected chi connectivity index (χ0v) is 16.1. The van der Waals surface area contributed by atoms with E-state index in [1.807, 2.05) is 6.07 Å². The summed E-state index contributed by atoms with van der Waals surface area (Å²) in [6.45, 7) is 1.05. The van der Waals surface area contributed by atoms with Crippen molar-refractivity contribution in [3.63, 3.8) is 0 Å². The molecular weight excluding hydrogens is 390 g/mol. The third-order valence-corrected chi connectivity index (χ3v) is 6.36. The summed E-state index contributed by atoms with van der Waals surface area (Å²) in [5.74, 6) is 0.991. The van der Waals surface area contributed by atoms with Crippen molar-refractivity contribution >= 4 is 43.6 Å². The van der Waals surface area contributed by atoms with E-state index in [0.717, 1.165) is 18.0 Å². The van der Waals surface area contributed by atoms with Gasteiger partial charge in [-0.1, -0.05) is 39.4 Å². The molecule has 1 aliphatic rings. The molecule has 1 heterocycles. The zero-order chi connectivity index (χ0) is 18.1. The van der Waals surface area contributed by atoms with Gasteiger partial charge in [0, 0.05) is 38.7 Å². The molecule has 0 saturated heterocycles. The number of para-hydroxylation sites is 1. The van der Waals surface area contributed by atoms with E-state index in [4.69, 9.17) is 11.3 Å². The van der Waals surface area contributed by atoms with Gasteiger partial charge in [0.1, 0.15) is 0 Å². The third kappa shape index (κ3) is 3.14. The summed E-state index contributed by atoms with van der Waals surface area (Å²) in [6.07, 6.45) is 5.06. The first-order valence-corrected chi connectivity index (χ1v) is 9.94. The molecule has 4 rings (SSSR count). The highest BCUT2D eigenvalue weighted by Crippen LogP contribution is 2.34. The normalized spacial score (nSPS) is 21.3. The number of nitrogens with two attached hydrogens (primary N) is 1. The summed E-state index contributed by atoms with van der Waals surface area (Å²) in [5.41, 5.74) is 16.1. The summed E-state index contributed by atoms with van der Waals surface area (Å²) in [7, 11) is 0. The van der Waals surface area contributed by atoms with Crippen molar-refractivity contribution in [3.05, 3.63) is 48.0 Å². The average Bonchev–Trinajstić information content (AvgIpc) is 2.97. The molecule has 1 saturated carbocycles. The number of hydrogen-bond donors (Lipinski definition) is 2. The summed E-state index contributed by atoms with van der Waals surface area (Å²) in [5, 5.41) is 9.12. The maximum atomic E-state index is 6.89. The van der Waals surface area contributed by atoms with Crippen LogP contribution in [0.5, 0.6) is 0 Å². The minimum absolute atomic E-state index is 0.273. The van der Waals surface area contributed by atoms with Crippen LogP contribution >= 0.6 is 15.9 Å². The Balaban J connectivity index is 1.81. The van der Waals surface area contributed by atoms with E-state index in [-0.39, 0.29) is 5.84 Å². The second kappa shape index (κ2) is 7.19. The monoisotopic (exact) mass is 411 g/mol. The third-order valence-electron chi connectivity index (χ3n) is 5.44. The van der Waals surface area contributed by atoms with Crippen molar-refractivity contribution in [3.8, 4) is 0 Å². The topological polar surface area (TPSA) is 79.5 Å². The van der Waals surface area contributed by atoms with Crippen molar-refractivity contribution in [1.82, 2.24) is 4.57 Å². The van der Waals surface area contributed by atoms with Gasteiger partial charge < -0.3 is 10.3 Å². The molecule has 5 nitrogen and oxygen atoms in total. The maximum absolute atomic E-state index is 6.89. The first-order chi connectivity index (χ1) is 12.7. The second-order valence-electron chi connectivity index (χ2n) is 7.06. The Morgan fingerprint density at radius 3 is 2.58 bits per heavy atom. The second-order valence-corrected chi connectivity index (χ2v) is 8.36. The van der Waals surface area contributed by atoms with E-state index in [9.17, 15) is 0 Å². The van der Waals surface area contributed by atoms with E-state index in [2.05, 4.69) is 67.2 Å². The fourth-order valence-electron chi connectivity index (χ4n) is 4.08. The zero-order valence-electron chi connectivity index (χ0n) is 14.5. The van der Waals surface area contributed by atoms with E-state index in [1.54, 1.807) is 0 Å². The molecule has 0 spiro atoms. The quantitative estimate of drug-likeness (QED) is 0.194. The highest BCUT2D eigenvalue weighted by Gasteiger charge is 2.21. The van der Waals surface area contributed by atoms with Crippen LogP contribution < -0.4 is 5.73 Å². The molecule has 6 heteroatoms. The lowest BCUT2D eigenvalue weighted by atomic mass is 9.89. The van der Waals surface area contributed by atoms with Gasteiger partial charge in [-0.3, -0.25) is 0 Å². The fourth-order valence-corrected chi connectivity index (χ4v) is 4.61. The Labute approximate surface area is 160 Å². The van der Waals surface area contributed by atoms with Gasteiger partial charge >= 0.3 is 0 Å². The van der Waals surface area contributed by atoms with Crippen LogP contribution in [0.15, 0.2) is 52.8 Å². The largest absolute Gasteiger partial charge is 0.382 e. The summed E-state index contributed by atoms with van der Waals surface area (Å²) in [6, 6.07) is 14.7. The number of halogens is 1. The number of nitrogens with one attached hydrogen (secondary N) is 1. The molecule has 0 aliphatic heterocycles. The van der Waals surface area contributed by atoms with Gasteiger partial charge in [-0.2, -0.15) is 5.53 Å². The molecule has 2 aromatic carbocycles. The van der Waals surface area contributed by atoms with Crippen LogP contribution in [0, 0.1) is 11.4 Å². The smallest absolute Gasteiger partial charge is 0.155 e. The average molecular weight is 412 g/mol. The summed E-state index contributed by atoms with van der Waals surface area (Å²) < 4.78 is 2.45. The molecule has 0 atom stereocenters. The van der Waals surface area contributed by atoms with Gasteiger partial charge in [0.25, 0.3) is 0 Å². The number of hydrogen-bond acceptors (Lipinski definition) is 2. The van der Waals surface area contributed by atoms with Crippen LogP contribution in [0.1, 0.15) is 31.2 Å². The van der Waals surface area contributed by atoms with Crippen molar-refractivity contribution in [1.29, 1.82) is 5.53 Å². The van der Waals surface area contributed by atoms with Gasteiger partial charge in [-0.25, -0.2) is 0 Å². The van der Waals surface area contributed by atoms with Crippen LogP contribution in [-0.2, 0) is 6.54 Å². The molecule has 134 valence electrons. The van der Waals surface area contributed by atoms with Crippen molar-refractivity contribution in [2.75, 3.05) is 0 Å². The molecule has 26 heavy (non-hydrogen) atoms. The Bertz CT molecular complexity index is 982. The van der Waals surface area contributed by atoms with E-state index in [0.29, 0.717) is 4.83 Å². The molecule has 0 radical (unpaired) electrons. The van der Waals surface area contributed by atoms with Crippen molar-refractivity contribution in [2.45, 2.75) is 37.1 Å². The number of rotatable bonds is 4. The molecule has 1 aromatic heterocycles. The van der Waals surface area contributed by atoms with Crippen LogP contribution in [0.2, 0.25) is 0 Å². The Kier molecular flexibility index (Phi) is 4.76. The molecule has 3 N–H and O–H groups in total. The lowest BCUT2D eigenvalue weighted by Gasteiger charge is -2.26. The maximum Gasteiger partial charge on any atom is 0.155 e. The van der Waals surface area contributed by atoms with Crippen LogP contribution in [0.3, 0.4) is 0 Å². The minimum Gasteiger partial charge on any atom is -0.382 e. The van der Waals surface area contributed by atoms with Crippen LogP contribution in [0.25, 0.3) is 21.8 Å². The molecule has 0 bridgehead atoms.